The van der Waals surface area contributed by atoms with Crippen LogP contribution >= 0.6 is 0 Å². The van der Waals surface area contributed by atoms with Gasteiger partial charge >= 0.3 is 0 Å². The van der Waals surface area contributed by atoms with Crippen molar-refractivity contribution in [3.05, 3.63) is 70.8 Å². The van der Waals surface area contributed by atoms with Gasteiger partial charge in [-0.1, -0.05) is 42.7 Å². The topological polar surface area (TPSA) is 98.7 Å². The van der Waals surface area contributed by atoms with E-state index < -0.39 is 5.82 Å². The Bertz CT molecular complexity index is 1390. The van der Waals surface area contributed by atoms with E-state index in [-0.39, 0.29) is 18.5 Å². The number of amides is 1. The summed E-state index contributed by atoms with van der Waals surface area (Å²) in [7, 11) is 0. The molecule has 1 amide bonds. The number of carbonyl (C=O) groups is 1. The molecule has 1 saturated carbocycles. The number of hydrogen-bond acceptors (Lipinski definition) is 5. The minimum Gasteiger partial charge on any atom is -0.383 e. The van der Waals surface area contributed by atoms with Gasteiger partial charge in [0.1, 0.15) is 23.7 Å². The van der Waals surface area contributed by atoms with Crippen LogP contribution in [0.2, 0.25) is 0 Å². The van der Waals surface area contributed by atoms with E-state index in [2.05, 4.69) is 15.3 Å². The maximum absolute atomic E-state index is 15.1. The zero-order valence-corrected chi connectivity index (χ0v) is 19.3. The summed E-state index contributed by atoms with van der Waals surface area (Å²) in [6.07, 6.45) is 5.82. The molecule has 34 heavy (non-hydrogen) atoms. The van der Waals surface area contributed by atoms with Crippen molar-refractivity contribution in [2.75, 3.05) is 5.73 Å². The summed E-state index contributed by atoms with van der Waals surface area (Å²) in [5, 5.41) is 8.27. The monoisotopic (exact) mass is 458 g/mol. The molecule has 1 fully saturated rings. The van der Waals surface area contributed by atoms with Crippen LogP contribution in [0.15, 0.2) is 42.7 Å². The zero-order chi connectivity index (χ0) is 23.8. The van der Waals surface area contributed by atoms with Crippen molar-refractivity contribution in [1.82, 2.24) is 25.1 Å². The Morgan fingerprint density at radius 1 is 1.15 bits per heavy atom. The van der Waals surface area contributed by atoms with Gasteiger partial charge in [-0.25, -0.2) is 19.0 Å². The summed E-state index contributed by atoms with van der Waals surface area (Å²) < 4.78 is 17.0. The van der Waals surface area contributed by atoms with Crippen LogP contribution in [-0.4, -0.2) is 25.7 Å². The van der Waals surface area contributed by atoms with Gasteiger partial charge < -0.3 is 11.1 Å². The van der Waals surface area contributed by atoms with Crippen molar-refractivity contribution in [2.24, 2.45) is 0 Å². The molecule has 2 aromatic heterocycles. The number of nitrogens with two attached hydrogens (primary N) is 1. The molecule has 0 radical (unpaired) electrons. The summed E-state index contributed by atoms with van der Waals surface area (Å²) in [5.74, 6) is -0.317. The quantitative estimate of drug-likeness (QED) is 0.444. The van der Waals surface area contributed by atoms with Gasteiger partial charge in [0.2, 0.25) is 0 Å². The van der Waals surface area contributed by atoms with Gasteiger partial charge in [-0.2, -0.15) is 5.10 Å². The van der Waals surface area contributed by atoms with E-state index in [1.807, 2.05) is 36.7 Å². The second kappa shape index (κ2) is 8.85. The Labute approximate surface area is 197 Å². The molecule has 2 heterocycles. The molecule has 4 aromatic rings. The van der Waals surface area contributed by atoms with Crippen LogP contribution in [0.4, 0.5) is 10.2 Å². The highest BCUT2D eigenvalue weighted by molar-refractivity contribution is 5.98. The van der Waals surface area contributed by atoms with Crippen LogP contribution in [0, 0.1) is 19.7 Å². The molecule has 2 aromatic carbocycles. The molecule has 3 N–H and O–H groups in total. The number of carbonyl (C=O) groups excluding carboxylic acids is 1. The molecule has 1 aliphatic carbocycles. The first kappa shape index (κ1) is 22.0. The fourth-order valence-electron chi connectivity index (χ4n) is 4.69. The highest BCUT2D eigenvalue weighted by atomic mass is 19.1. The second-order valence-electron chi connectivity index (χ2n) is 9.00. The molecular formula is C26H27FN6O. The Morgan fingerprint density at radius 3 is 2.71 bits per heavy atom. The van der Waals surface area contributed by atoms with Gasteiger partial charge in [-0.3, -0.25) is 4.79 Å². The molecular weight excluding hydrogens is 431 g/mol. The Balaban J connectivity index is 1.43. The van der Waals surface area contributed by atoms with Crippen molar-refractivity contribution in [3.8, 4) is 11.3 Å². The predicted octanol–water partition coefficient (Wildman–Crippen LogP) is 4.88. The molecule has 0 aliphatic heterocycles. The minimum atomic E-state index is -0.419. The molecule has 1 aliphatic rings. The van der Waals surface area contributed by atoms with Crippen molar-refractivity contribution < 1.29 is 9.18 Å². The van der Waals surface area contributed by atoms with Crippen LogP contribution < -0.4 is 11.1 Å². The Morgan fingerprint density at radius 2 is 1.94 bits per heavy atom. The lowest BCUT2D eigenvalue weighted by atomic mass is 10.0. The number of benzene rings is 2. The maximum Gasteiger partial charge on any atom is 0.251 e. The van der Waals surface area contributed by atoms with Gasteiger partial charge in [-0.05, 0) is 44.4 Å². The average Bonchev–Trinajstić information content (AvgIpc) is 3.48. The molecule has 0 bridgehead atoms. The molecule has 0 atom stereocenters. The number of nitrogen functional groups attached to an aromatic ring is 1. The number of aryl methyl sites for hydroxylation is 2. The SMILES string of the molecule is Cc1ccc(C)c(C(=O)NCc2ccc(-c3nn(C4CCCC4)c4ncnc(N)c34)cc2F)c1. The molecule has 0 unspecified atom stereocenters. The number of hydrogen-bond donors (Lipinski definition) is 2. The average molecular weight is 459 g/mol. The van der Waals surface area contributed by atoms with Crippen molar-refractivity contribution in [2.45, 2.75) is 52.1 Å². The number of nitrogens with zero attached hydrogens (tertiary/aromatic N) is 4. The molecule has 8 heteroatoms. The molecule has 5 rings (SSSR count). The zero-order valence-electron chi connectivity index (χ0n) is 19.3. The number of rotatable bonds is 5. The minimum absolute atomic E-state index is 0.0842. The van der Waals surface area contributed by atoms with E-state index in [0.717, 1.165) is 36.8 Å². The van der Waals surface area contributed by atoms with Crippen LogP contribution in [0.5, 0.6) is 0 Å². The Kier molecular flexibility index (Phi) is 5.73. The van der Waals surface area contributed by atoms with E-state index in [1.54, 1.807) is 12.1 Å². The number of anilines is 1. The predicted molar refractivity (Wildman–Crippen MR) is 130 cm³/mol. The first-order valence-corrected chi connectivity index (χ1v) is 11.6. The fraction of sp³-hybridized carbons (Fsp3) is 0.308. The summed E-state index contributed by atoms with van der Waals surface area (Å²) >= 11 is 0. The summed E-state index contributed by atoms with van der Waals surface area (Å²) in [6, 6.07) is 10.9. The molecule has 0 spiro atoms. The fourth-order valence-corrected chi connectivity index (χ4v) is 4.69. The lowest BCUT2D eigenvalue weighted by Gasteiger charge is -2.10. The van der Waals surface area contributed by atoms with Gasteiger partial charge in [0.25, 0.3) is 5.91 Å². The van der Waals surface area contributed by atoms with Gasteiger partial charge in [-0.15, -0.1) is 0 Å². The smallest absolute Gasteiger partial charge is 0.251 e. The number of aromatic nitrogens is 4. The second-order valence-corrected chi connectivity index (χ2v) is 9.00. The molecule has 174 valence electrons. The lowest BCUT2D eigenvalue weighted by Crippen LogP contribution is -2.24. The van der Waals surface area contributed by atoms with Crippen molar-refractivity contribution in [3.63, 3.8) is 0 Å². The van der Waals surface area contributed by atoms with E-state index in [0.29, 0.717) is 39.2 Å². The van der Waals surface area contributed by atoms with E-state index in [1.165, 1.54) is 12.4 Å². The van der Waals surface area contributed by atoms with Gasteiger partial charge in [0, 0.05) is 23.2 Å². The number of nitrogens with one attached hydrogen (secondary N) is 1. The normalized spacial score (nSPS) is 14.1. The number of halogens is 1. The van der Waals surface area contributed by atoms with E-state index in [9.17, 15) is 4.79 Å². The standard InChI is InChI=1S/C26H27FN6O/c1-15-7-8-16(2)20(11-15)26(34)29-13-18-10-9-17(12-21(18)27)23-22-24(28)30-14-31-25(22)33(32-23)19-5-3-4-6-19/h7-12,14,19H,3-6,13H2,1-2H3,(H,29,34)(H2,28,30,31). The first-order valence-electron chi connectivity index (χ1n) is 11.6. The third-order valence-corrected chi connectivity index (χ3v) is 6.59. The highest BCUT2D eigenvalue weighted by Crippen LogP contribution is 2.36. The van der Waals surface area contributed by atoms with Crippen LogP contribution in [0.1, 0.15) is 58.8 Å². The van der Waals surface area contributed by atoms with Crippen LogP contribution in [-0.2, 0) is 6.54 Å². The van der Waals surface area contributed by atoms with Crippen LogP contribution in [0.25, 0.3) is 22.3 Å². The van der Waals surface area contributed by atoms with Gasteiger partial charge in [0.15, 0.2) is 5.65 Å². The lowest BCUT2D eigenvalue weighted by molar-refractivity contribution is 0.0950. The maximum atomic E-state index is 15.1. The Hall–Kier alpha value is -3.81. The largest absolute Gasteiger partial charge is 0.383 e. The number of fused-ring (bicyclic) bond motifs is 1. The summed E-state index contributed by atoms with van der Waals surface area (Å²) in [6.45, 7) is 3.90. The summed E-state index contributed by atoms with van der Waals surface area (Å²) in [4.78, 5) is 21.2. The van der Waals surface area contributed by atoms with Crippen molar-refractivity contribution >= 4 is 22.8 Å². The van der Waals surface area contributed by atoms with Crippen molar-refractivity contribution in [1.29, 1.82) is 0 Å². The third-order valence-electron chi connectivity index (χ3n) is 6.59. The van der Waals surface area contributed by atoms with Gasteiger partial charge in [0.05, 0.1) is 11.4 Å². The van der Waals surface area contributed by atoms with Crippen LogP contribution in [0.3, 0.4) is 0 Å². The van der Waals surface area contributed by atoms with E-state index in [4.69, 9.17) is 10.8 Å². The third kappa shape index (κ3) is 4.00. The van der Waals surface area contributed by atoms with E-state index >= 15 is 4.39 Å². The molecule has 7 nitrogen and oxygen atoms in total. The highest BCUT2D eigenvalue weighted by Gasteiger charge is 2.25. The first-order chi connectivity index (χ1) is 16.4. The summed E-state index contributed by atoms with van der Waals surface area (Å²) in [5.41, 5.74) is 10.9. The molecule has 0 saturated heterocycles.